The Morgan fingerprint density at radius 3 is 1.56 bits per heavy atom. The van der Waals surface area contributed by atoms with E-state index < -0.39 is 11.4 Å². The van der Waals surface area contributed by atoms with Gasteiger partial charge in [-0.3, -0.25) is 0 Å². The lowest BCUT2D eigenvalue weighted by atomic mass is 9.91. The zero-order valence-corrected chi connectivity index (χ0v) is 31.7. The second kappa shape index (κ2) is 13.2. The molecule has 1 N–H and O–H groups in total. The van der Waals surface area contributed by atoms with Gasteiger partial charge in [0.05, 0.1) is 11.1 Å². The molecule has 4 aromatic rings. The molecule has 0 amide bonds. The zero-order valence-electron chi connectivity index (χ0n) is 31.7. The summed E-state index contributed by atoms with van der Waals surface area (Å²) in [5, 5.41) is 6.94. The van der Waals surface area contributed by atoms with Gasteiger partial charge in [0.1, 0.15) is 24.7 Å². The van der Waals surface area contributed by atoms with Gasteiger partial charge >= 0.3 is 0 Å². The minimum Gasteiger partial charge on any atom is -0.488 e. The van der Waals surface area contributed by atoms with Crippen LogP contribution in [-0.4, -0.2) is 58.7 Å². The summed E-state index contributed by atoms with van der Waals surface area (Å²) in [5.74, 6) is 3.15. The SMILES string of the molecule is CCN(C1=NC2(ON1C)c1ccccc1COc1ccccc12)C(C)(C)C.CN1OC2(N=C1NC(C)(C)C)c1ccccc1COc1ccccc12. The predicted molar refractivity (Wildman–Crippen MR) is 204 cm³/mol. The van der Waals surface area contributed by atoms with E-state index in [1.165, 1.54) is 0 Å². The number of hydrogen-bond donors (Lipinski definition) is 1. The number of hydroxylamine groups is 4. The molecule has 0 fully saturated rings. The molecule has 10 heteroatoms. The number of nitrogens with zero attached hydrogens (tertiary/aromatic N) is 5. The largest absolute Gasteiger partial charge is 0.488 e. The van der Waals surface area contributed by atoms with Crippen molar-refractivity contribution in [3.63, 3.8) is 0 Å². The average molecular weight is 703 g/mol. The van der Waals surface area contributed by atoms with Crippen LogP contribution in [0.25, 0.3) is 0 Å². The highest BCUT2D eigenvalue weighted by molar-refractivity contribution is 5.83. The number of hydrogen-bond acceptors (Lipinski definition) is 10. The van der Waals surface area contributed by atoms with E-state index in [1.807, 2.05) is 86.9 Å². The molecular weight excluding hydrogens is 652 g/mol. The molecule has 0 saturated carbocycles. The van der Waals surface area contributed by atoms with Crippen molar-refractivity contribution in [2.75, 3.05) is 20.6 Å². The Morgan fingerprint density at radius 2 is 1.08 bits per heavy atom. The minimum absolute atomic E-state index is 0.0724. The van der Waals surface area contributed by atoms with E-state index in [-0.39, 0.29) is 11.1 Å². The molecule has 2 atom stereocenters. The van der Waals surface area contributed by atoms with Crippen LogP contribution < -0.4 is 14.8 Å². The molecule has 0 aliphatic carbocycles. The van der Waals surface area contributed by atoms with Crippen LogP contribution in [0.4, 0.5) is 0 Å². The molecule has 4 aliphatic rings. The third-order valence-corrected chi connectivity index (χ3v) is 9.53. The van der Waals surface area contributed by atoms with Crippen molar-refractivity contribution >= 4 is 11.9 Å². The van der Waals surface area contributed by atoms with E-state index in [4.69, 9.17) is 29.1 Å². The van der Waals surface area contributed by atoms with E-state index in [0.717, 1.165) is 57.4 Å². The van der Waals surface area contributed by atoms with Crippen molar-refractivity contribution in [3.8, 4) is 11.5 Å². The molecule has 0 bridgehead atoms. The molecule has 0 saturated heterocycles. The van der Waals surface area contributed by atoms with E-state index in [0.29, 0.717) is 19.2 Å². The molecule has 4 aliphatic heterocycles. The highest BCUT2D eigenvalue weighted by atomic mass is 16.7. The Hall–Kier alpha value is -5.06. The Balaban J connectivity index is 0.000000162. The highest BCUT2D eigenvalue weighted by Crippen LogP contribution is 2.49. The van der Waals surface area contributed by atoms with E-state index >= 15 is 0 Å². The van der Waals surface area contributed by atoms with Gasteiger partial charge in [-0.25, -0.2) is 29.8 Å². The van der Waals surface area contributed by atoms with Crippen LogP contribution >= 0.6 is 0 Å². The molecular formula is C42H50N6O4. The van der Waals surface area contributed by atoms with Gasteiger partial charge in [0, 0.05) is 42.8 Å². The molecule has 4 aromatic carbocycles. The van der Waals surface area contributed by atoms with Crippen molar-refractivity contribution in [3.05, 3.63) is 130 Å². The second-order valence-electron chi connectivity index (χ2n) is 15.5. The van der Waals surface area contributed by atoms with Gasteiger partial charge < -0.3 is 19.7 Å². The summed E-state index contributed by atoms with van der Waals surface area (Å²) in [6.45, 7) is 16.9. The van der Waals surface area contributed by atoms with Gasteiger partial charge in [0.25, 0.3) is 0 Å². The molecule has 8 rings (SSSR count). The summed E-state index contributed by atoms with van der Waals surface area (Å²) < 4.78 is 12.1. The number of benzene rings is 4. The van der Waals surface area contributed by atoms with Gasteiger partial charge in [-0.2, -0.15) is 0 Å². The molecule has 2 unspecified atom stereocenters. The number of aliphatic imine (C=N–C) groups is 2. The lowest BCUT2D eigenvalue weighted by Gasteiger charge is -2.37. The molecule has 2 spiro atoms. The number of rotatable bonds is 1. The Bertz CT molecular complexity index is 1920. The predicted octanol–water partition coefficient (Wildman–Crippen LogP) is 7.53. The minimum atomic E-state index is -0.938. The monoisotopic (exact) mass is 702 g/mol. The lowest BCUT2D eigenvalue weighted by Crippen LogP contribution is -2.49. The first-order valence-corrected chi connectivity index (χ1v) is 18.0. The van der Waals surface area contributed by atoms with E-state index in [9.17, 15) is 0 Å². The number of para-hydroxylation sites is 2. The van der Waals surface area contributed by atoms with Gasteiger partial charge in [0.2, 0.25) is 23.4 Å². The molecule has 4 heterocycles. The fourth-order valence-electron chi connectivity index (χ4n) is 7.28. The Labute approximate surface area is 307 Å². The van der Waals surface area contributed by atoms with E-state index in [2.05, 4.69) is 82.9 Å². The Morgan fingerprint density at radius 1 is 0.635 bits per heavy atom. The van der Waals surface area contributed by atoms with Gasteiger partial charge in [-0.1, -0.05) is 72.8 Å². The van der Waals surface area contributed by atoms with Crippen molar-refractivity contribution in [1.82, 2.24) is 20.3 Å². The fraction of sp³-hybridized carbons (Fsp3) is 0.381. The lowest BCUT2D eigenvalue weighted by molar-refractivity contribution is -0.156. The maximum absolute atomic E-state index is 6.52. The van der Waals surface area contributed by atoms with Gasteiger partial charge in [-0.15, -0.1) is 0 Å². The van der Waals surface area contributed by atoms with Crippen molar-refractivity contribution in [2.24, 2.45) is 9.98 Å². The van der Waals surface area contributed by atoms with Crippen LogP contribution in [0.1, 0.15) is 81.8 Å². The Kier molecular flexibility index (Phi) is 8.95. The molecule has 52 heavy (non-hydrogen) atoms. The standard InChI is InChI=1S/C22H27N3O2.C20H23N3O2/c1-6-25(21(2,3)4)20-23-22(27-24(20)5)17-12-8-7-11-16(17)15-26-19-14-10-9-13-18(19)22;1-19(2,3)21-18-22-20(25-23(18)4)15-10-6-5-9-14(15)13-24-17-12-8-7-11-16(17)20/h7-14H,6,15H2,1-5H3;5-12H,13H2,1-4H3,(H,21,22). The second-order valence-corrected chi connectivity index (χ2v) is 15.5. The molecule has 272 valence electrons. The molecule has 0 radical (unpaired) electrons. The maximum atomic E-state index is 6.52. The first-order chi connectivity index (χ1) is 24.8. The summed E-state index contributed by atoms with van der Waals surface area (Å²) in [7, 11) is 3.81. The molecule has 10 nitrogen and oxygen atoms in total. The van der Waals surface area contributed by atoms with Crippen LogP contribution in [0.15, 0.2) is 107 Å². The normalized spacial score (nSPS) is 21.6. The number of fused-ring (bicyclic) bond motifs is 8. The average Bonchev–Trinajstić information content (AvgIpc) is 3.53. The summed E-state index contributed by atoms with van der Waals surface area (Å²) in [6.07, 6.45) is 0. The van der Waals surface area contributed by atoms with Crippen molar-refractivity contribution in [1.29, 1.82) is 0 Å². The van der Waals surface area contributed by atoms with Crippen LogP contribution in [-0.2, 0) is 34.3 Å². The summed E-state index contributed by atoms with van der Waals surface area (Å²) in [5.41, 5.74) is 3.98. The van der Waals surface area contributed by atoms with Gasteiger partial charge in [-0.05, 0) is 83.9 Å². The third-order valence-electron chi connectivity index (χ3n) is 9.53. The summed E-state index contributed by atoms with van der Waals surface area (Å²) in [6, 6.07) is 32.4. The van der Waals surface area contributed by atoms with Gasteiger partial charge in [0.15, 0.2) is 0 Å². The topological polar surface area (TPSA) is 83.4 Å². The molecule has 0 aromatic heterocycles. The van der Waals surface area contributed by atoms with Crippen molar-refractivity contribution in [2.45, 2.75) is 84.2 Å². The van der Waals surface area contributed by atoms with E-state index in [1.54, 1.807) is 10.1 Å². The van der Waals surface area contributed by atoms with Crippen molar-refractivity contribution < 1.29 is 19.1 Å². The van der Waals surface area contributed by atoms with Crippen LogP contribution in [0.2, 0.25) is 0 Å². The fourth-order valence-corrected chi connectivity index (χ4v) is 7.28. The van der Waals surface area contributed by atoms with Crippen LogP contribution in [0.5, 0.6) is 11.5 Å². The summed E-state index contributed by atoms with van der Waals surface area (Å²) in [4.78, 5) is 25.4. The van der Waals surface area contributed by atoms with Crippen LogP contribution in [0.3, 0.4) is 0 Å². The highest BCUT2D eigenvalue weighted by Gasteiger charge is 2.50. The van der Waals surface area contributed by atoms with Crippen LogP contribution in [0, 0.1) is 0 Å². The first kappa shape index (κ1) is 35.3. The number of ether oxygens (including phenoxy) is 2. The summed E-state index contributed by atoms with van der Waals surface area (Å²) >= 11 is 0. The quantitative estimate of drug-likeness (QED) is 0.218. The number of guanidine groups is 2. The number of nitrogens with one attached hydrogen (secondary N) is 1. The third kappa shape index (κ3) is 6.24. The smallest absolute Gasteiger partial charge is 0.243 e. The first-order valence-electron chi connectivity index (χ1n) is 18.0. The zero-order chi connectivity index (χ0) is 36.9. The maximum Gasteiger partial charge on any atom is 0.243 e.